The van der Waals surface area contributed by atoms with Crippen LogP contribution in [-0.4, -0.2) is 37.6 Å². The Bertz CT molecular complexity index is 347. The maximum Gasteiger partial charge on any atom is 0.141 e. The molecule has 5 heteroatoms. The van der Waals surface area contributed by atoms with Crippen LogP contribution < -0.4 is 10.6 Å². The number of aldehydes is 1. The monoisotopic (exact) mass is 221 g/mol. The largest absolute Gasteiger partial charge is 0.378 e. The van der Waals surface area contributed by atoms with Crippen molar-refractivity contribution in [3.8, 4) is 0 Å². The van der Waals surface area contributed by atoms with Gasteiger partial charge in [-0.15, -0.1) is 0 Å². The van der Waals surface area contributed by atoms with Gasteiger partial charge >= 0.3 is 0 Å². The molecule has 1 aliphatic rings. The van der Waals surface area contributed by atoms with Gasteiger partial charge in [0.25, 0.3) is 0 Å². The first-order valence-corrected chi connectivity index (χ1v) is 5.31. The molecule has 0 aromatic carbocycles. The van der Waals surface area contributed by atoms with Crippen LogP contribution >= 0.6 is 0 Å². The first kappa shape index (κ1) is 11.0. The maximum absolute atomic E-state index is 10.5. The van der Waals surface area contributed by atoms with Gasteiger partial charge < -0.3 is 20.2 Å². The Hall–Kier alpha value is -1.46. The molecule has 1 aromatic heterocycles. The summed E-state index contributed by atoms with van der Waals surface area (Å²) < 4.78 is 5.26. The second-order valence-corrected chi connectivity index (χ2v) is 3.71. The molecule has 2 rings (SSSR count). The van der Waals surface area contributed by atoms with E-state index in [2.05, 4.69) is 9.88 Å². The fourth-order valence-electron chi connectivity index (χ4n) is 1.65. The van der Waals surface area contributed by atoms with Crippen molar-refractivity contribution in [2.24, 2.45) is 5.73 Å². The average molecular weight is 221 g/mol. The van der Waals surface area contributed by atoms with Gasteiger partial charge in [0.1, 0.15) is 12.1 Å². The number of rotatable bonds is 3. The van der Waals surface area contributed by atoms with Crippen LogP contribution in [0.25, 0.3) is 0 Å². The van der Waals surface area contributed by atoms with E-state index in [1.54, 1.807) is 6.20 Å². The summed E-state index contributed by atoms with van der Waals surface area (Å²) in [5, 5.41) is 0. The van der Waals surface area contributed by atoms with Crippen molar-refractivity contribution in [1.29, 1.82) is 0 Å². The lowest BCUT2D eigenvalue weighted by atomic mass is 10.1. The van der Waals surface area contributed by atoms with Crippen molar-refractivity contribution in [2.75, 3.05) is 31.2 Å². The Morgan fingerprint density at radius 1 is 1.44 bits per heavy atom. The molecule has 1 aromatic rings. The van der Waals surface area contributed by atoms with Crippen LogP contribution in [0.4, 0.5) is 5.82 Å². The minimum atomic E-state index is -0.578. The predicted molar refractivity (Wildman–Crippen MR) is 60.3 cm³/mol. The van der Waals surface area contributed by atoms with Gasteiger partial charge in [-0.3, -0.25) is 0 Å². The van der Waals surface area contributed by atoms with Crippen molar-refractivity contribution >= 4 is 12.1 Å². The minimum absolute atomic E-state index is 0.578. The van der Waals surface area contributed by atoms with Crippen molar-refractivity contribution in [3.05, 3.63) is 23.9 Å². The Balaban J connectivity index is 2.08. The molecule has 0 bridgehead atoms. The van der Waals surface area contributed by atoms with Gasteiger partial charge in [0.05, 0.1) is 19.3 Å². The summed E-state index contributed by atoms with van der Waals surface area (Å²) in [6, 6.07) is 3.16. The number of aromatic nitrogens is 1. The fourth-order valence-corrected chi connectivity index (χ4v) is 1.65. The van der Waals surface area contributed by atoms with Gasteiger partial charge in [-0.25, -0.2) is 4.98 Å². The number of hydrogen-bond donors (Lipinski definition) is 1. The molecule has 0 amide bonds. The highest BCUT2D eigenvalue weighted by Gasteiger charge is 2.12. The quantitative estimate of drug-likeness (QED) is 0.734. The fraction of sp³-hybridized carbons (Fsp3) is 0.455. The summed E-state index contributed by atoms with van der Waals surface area (Å²) in [5.41, 5.74) is 6.32. The van der Waals surface area contributed by atoms with E-state index in [1.165, 1.54) is 0 Å². The molecule has 0 spiro atoms. The highest BCUT2D eigenvalue weighted by atomic mass is 16.5. The summed E-state index contributed by atoms with van der Waals surface area (Å²) in [4.78, 5) is 17.0. The zero-order valence-electron chi connectivity index (χ0n) is 9.00. The lowest BCUT2D eigenvalue weighted by Crippen LogP contribution is -2.36. The van der Waals surface area contributed by atoms with Crippen molar-refractivity contribution in [1.82, 2.24) is 4.98 Å². The number of ether oxygens (including phenoxy) is 1. The number of anilines is 1. The number of nitrogens with zero attached hydrogens (tertiary/aromatic N) is 2. The molecule has 0 aliphatic carbocycles. The van der Waals surface area contributed by atoms with E-state index in [0.717, 1.165) is 37.7 Å². The summed E-state index contributed by atoms with van der Waals surface area (Å²) in [6.45, 7) is 3.17. The van der Waals surface area contributed by atoms with Crippen LogP contribution in [0.3, 0.4) is 0 Å². The molecule has 5 nitrogen and oxygen atoms in total. The van der Waals surface area contributed by atoms with Crippen LogP contribution in [-0.2, 0) is 9.53 Å². The second-order valence-electron chi connectivity index (χ2n) is 3.71. The van der Waals surface area contributed by atoms with Gasteiger partial charge in [-0.2, -0.15) is 0 Å². The molecule has 1 atom stereocenters. The molecule has 0 saturated carbocycles. The third kappa shape index (κ3) is 2.37. The minimum Gasteiger partial charge on any atom is -0.378 e. The summed E-state index contributed by atoms with van der Waals surface area (Å²) in [5.74, 6) is 0.908. The van der Waals surface area contributed by atoms with Crippen molar-refractivity contribution in [3.63, 3.8) is 0 Å². The SMILES string of the molecule is NC(C=O)c1ccc(N2CCOCC2)nc1. The molecule has 1 unspecified atom stereocenters. The molecule has 2 heterocycles. The van der Waals surface area contributed by atoms with Crippen molar-refractivity contribution in [2.45, 2.75) is 6.04 Å². The topological polar surface area (TPSA) is 68.5 Å². The highest BCUT2D eigenvalue weighted by Crippen LogP contribution is 2.15. The second kappa shape index (κ2) is 5.05. The predicted octanol–water partition coefficient (Wildman–Crippen LogP) is 0.117. The van der Waals surface area contributed by atoms with E-state index in [0.29, 0.717) is 6.29 Å². The average Bonchev–Trinajstić information content (AvgIpc) is 2.39. The lowest BCUT2D eigenvalue weighted by molar-refractivity contribution is -0.109. The maximum atomic E-state index is 10.5. The normalized spacial score (nSPS) is 18.2. The highest BCUT2D eigenvalue weighted by molar-refractivity contribution is 5.61. The Morgan fingerprint density at radius 3 is 2.75 bits per heavy atom. The molecule has 1 aliphatic heterocycles. The molecule has 0 radical (unpaired) electrons. The van der Waals surface area contributed by atoms with Crippen LogP contribution in [0.5, 0.6) is 0 Å². The van der Waals surface area contributed by atoms with Crippen LogP contribution in [0.2, 0.25) is 0 Å². The molecule has 1 fully saturated rings. The number of nitrogens with two attached hydrogens (primary N) is 1. The van der Waals surface area contributed by atoms with Gasteiger partial charge in [-0.1, -0.05) is 6.07 Å². The number of carbonyl (C=O) groups excluding carboxylic acids is 1. The summed E-state index contributed by atoms with van der Waals surface area (Å²) in [7, 11) is 0. The third-order valence-electron chi connectivity index (χ3n) is 2.64. The standard InChI is InChI=1S/C11H15N3O2/c12-10(8-15)9-1-2-11(13-7-9)14-3-5-16-6-4-14/h1-2,7-8,10H,3-6,12H2. The van der Waals surface area contributed by atoms with E-state index in [-0.39, 0.29) is 0 Å². The molecular weight excluding hydrogens is 206 g/mol. The number of hydrogen-bond acceptors (Lipinski definition) is 5. The van der Waals surface area contributed by atoms with E-state index in [4.69, 9.17) is 10.5 Å². The molecule has 16 heavy (non-hydrogen) atoms. The van der Waals surface area contributed by atoms with Crippen LogP contribution in [0.1, 0.15) is 11.6 Å². The van der Waals surface area contributed by atoms with E-state index in [1.807, 2.05) is 12.1 Å². The number of pyridine rings is 1. The van der Waals surface area contributed by atoms with Gasteiger partial charge in [0, 0.05) is 19.3 Å². The molecule has 86 valence electrons. The zero-order valence-corrected chi connectivity index (χ0v) is 9.00. The van der Waals surface area contributed by atoms with E-state index < -0.39 is 6.04 Å². The first-order valence-electron chi connectivity index (χ1n) is 5.31. The lowest BCUT2D eigenvalue weighted by Gasteiger charge is -2.27. The van der Waals surface area contributed by atoms with Crippen LogP contribution in [0.15, 0.2) is 18.3 Å². The summed E-state index contributed by atoms with van der Waals surface area (Å²) in [6.07, 6.45) is 2.37. The Kier molecular flexibility index (Phi) is 3.48. The molecule has 1 saturated heterocycles. The Labute approximate surface area is 94.2 Å². The number of carbonyl (C=O) groups is 1. The van der Waals surface area contributed by atoms with Gasteiger partial charge in [0.2, 0.25) is 0 Å². The zero-order chi connectivity index (χ0) is 11.4. The number of morpholine rings is 1. The van der Waals surface area contributed by atoms with Crippen molar-refractivity contribution < 1.29 is 9.53 Å². The smallest absolute Gasteiger partial charge is 0.141 e. The van der Waals surface area contributed by atoms with Gasteiger partial charge in [0.15, 0.2) is 0 Å². The summed E-state index contributed by atoms with van der Waals surface area (Å²) >= 11 is 0. The molecule has 2 N–H and O–H groups in total. The van der Waals surface area contributed by atoms with Crippen LogP contribution in [0, 0.1) is 0 Å². The first-order chi connectivity index (χ1) is 7.81. The van der Waals surface area contributed by atoms with E-state index >= 15 is 0 Å². The third-order valence-corrected chi connectivity index (χ3v) is 2.64. The van der Waals surface area contributed by atoms with Gasteiger partial charge in [-0.05, 0) is 11.6 Å². The van der Waals surface area contributed by atoms with E-state index in [9.17, 15) is 4.79 Å². The molecular formula is C11H15N3O2. The Morgan fingerprint density at radius 2 is 2.19 bits per heavy atom.